The van der Waals surface area contributed by atoms with Gasteiger partial charge in [-0.05, 0) is 93.0 Å². The predicted molar refractivity (Wildman–Crippen MR) is 140 cm³/mol. The minimum absolute atomic E-state index is 0.468. The van der Waals surface area contributed by atoms with Gasteiger partial charge in [-0.2, -0.15) is 0 Å². The predicted octanol–water partition coefficient (Wildman–Crippen LogP) is 4.05. The minimum Gasteiger partial charge on any atom is -0.313 e. The van der Waals surface area contributed by atoms with Crippen molar-refractivity contribution in [2.45, 2.75) is 44.1 Å². The first-order chi connectivity index (χ1) is 17.7. The van der Waals surface area contributed by atoms with Crippen LogP contribution in [0.4, 0.5) is 0 Å². The van der Waals surface area contributed by atoms with E-state index in [9.17, 15) is 4.79 Å². The van der Waals surface area contributed by atoms with E-state index >= 15 is 0 Å². The van der Waals surface area contributed by atoms with Crippen LogP contribution in [0.5, 0.6) is 0 Å². The summed E-state index contributed by atoms with van der Waals surface area (Å²) < 4.78 is 0. The third kappa shape index (κ3) is 6.35. The van der Waals surface area contributed by atoms with E-state index in [4.69, 9.17) is 5.21 Å². The molecule has 5 rings (SSSR count). The van der Waals surface area contributed by atoms with Crippen molar-refractivity contribution >= 4 is 5.91 Å². The fraction of sp³-hybridized carbons (Fsp3) is 0.414. The number of benzene rings is 2. The second kappa shape index (κ2) is 11.7. The molecule has 1 aromatic heterocycles. The van der Waals surface area contributed by atoms with Gasteiger partial charge in [-0.3, -0.25) is 10.0 Å². The van der Waals surface area contributed by atoms with Crippen molar-refractivity contribution in [3.63, 3.8) is 0 Å². The molecule has 0 unspecified atom stereocenters. The zero-order valence-electron chi connectivity index (χ0n) is 20.6. The zero-order valence-corrected chi connectivity index (χ0v) is 20.6. The molecule has 0 radical (unpaired) electrons. The number of likely N-dealkylation sites (tertiary alicyclic amines) is 1. The summed E-state index contributed by atoms with van der Waals surface area (Å²) in [6.45, 7) is 4.61. The monoisotopic (exact) mass is 485 g/mol. The molecule has 2 aromatic carbocycles. The maximum atomic E-state index is 11.4. The molecule has 7 nitrogen and oxygen atoms in total. The van der Waals surface area contributed by atoms with Gasteiger partial charge in [0.05, 0.1) is 0 Å². The van der Waals surface area contributed by atoms with E-state index in [0.29, 0.717) is 17.5 Å². The molecule has 1 aliphatic heterocycles. The maximum absolute atomic E-state index is 11.4. The number of nitrogens with zero attached hydrogens (tertiary/aromatic N) is 3. The van der Waals surface area contributed by atoms with E-state index in [2.05, 4.69) is 44.5 Å². The molecule has 2 aliphatic rings. The zero-order chi connectivity index (χ0) is 24.7. The number of carbonyl (C=O) groups is 1. The van der Waals surface area contributed by atoms with Gasteiger partial charge in [-0.25, -0.2) is 15.4 Å². The van der Waals surface area contributed by atoms with Gasteiger partial charge in [0.1, 0.15) is 6.33 Å². The van der Waals surface area contributed by atoms with Crippen molar-refractivity contribution in [1.29, 1.82) is 0 Å². The van der Waals surface area contributed by atoms with Gasteiger partial charge in [0.25, 0.3) is 5.91 Å². The lowest BCUT2D eigenvalue weighted by Gasteiger charge is -2.32. The van der Waals surface area contributed by atoms with Crippen LogP contribution < -0.4 is 10.8 Å². The normalized spacial score (nSPS) is 20.2. The lowest BCUT2D eigenvalue weighted by molar-refractivity contribution is 0.0706. The molecule has 3 aromatic rings. The summed E-state index contributed by atoms with van der Waals surface area (Å²) >= 11 is 0. The van der Waals surface area contributed by atoms with Crippen molar-refractivity contribution in [3.05, 3.63) is 83.9 Å². The van der Waals surface area contributed by atoms with Crippen LogP contribution >= 0.6 is 0 Å². The van der Waals surface area contributed by atoms with Crippen LogP contribution in [0.3, 0.4) is 0 Å². The topological polar surface area (TPSA) is 90.4 Å². The average Bonchev–Trinajstić information content (AvgIpc) is 3.73. The van der Waals surface area contributed by atoms with E-state index in [1.165, 1.54) is 49.0 Å². The molecule has 7 heteroatoms. The summed E-state index contributed by atoms with van der Waals surface area (Å²) in [5.74, 6) is 0.941. The number of carbonyl (C=O) groups excluding carboxylic acids is 1. The van der Waals surface area contributed by atoms with Crippen LogP contribution in [0.2, 0.25) is 0 Å². The molecule has 188 valence electrons. The van der Waals surface area contributed by atoms with E-state index in [0.717, 1.165) is 37.4 Å². The minimum atomic E-state index is -0.468. The number of piperidine rings is 1. The summed E-state index contributed by atoms with van der Waals surface area (Å²) in [7, 11) is 0. The molecule has 2 heterocycles. The lowest BCUT2D eigenvalue weighted by atomic mass is 9.96. The number of aromatic nitrogens is 2. The first-order valence-corrected chi connectivity index (χ1v) is 13.0. The summed E-state index contributed by atoms with van der Waals surface area (Å²) in [4.78, 5) is 22.2. The highest BCUT2D eigenvalue weighted by atomic mass is 16.5. The molecule has 0 bridgehead atoms. The number of hydroxylamine groups is 1. The quantitative estimate of drug-likeness (QED) is 0.297. The van der Waals surface area contributed by atoms with Crippen molar-refractivity contribution in [2.75, 3.05) is 26.2 Å². The summed E-state index contributed by atoms with van der Waals surface area (Å²) in [6.07, 6.45) is 11.2. The van der Waals surface area contributed by atoms with Gasteiger partial charge < -0.3 is 10.2 Å². The first kappa shape index (κ1) is 24.6. The Morgan fingerprint density at radius 2 is 1.69 bits per heavy atom. The lowest BCUT2D eigenvalue weighted by Crippen LogP contribution is -2.38. The van der Waals surface area contributed by atoms with Crippen LogP contribution in [0.15, 0.2) is 67.3 Å². The van der Waals surface area contributed by atoms with Crippen molar-refractivity contribution in [3.8, 4) is 11.1 Å². The Morgan fingerprint density at radius 1 is 0.972 bits per heavy atom. The highest BCUT2D eigenvalue weighted by molar-refractivity contribution is 5.93. The summed E-state index contributed by atoms with van der Waals surface area (Å²) in [5, 5.41) is 12.5. The van der Waals surface area contributed by atoms with E-state index in [1.54, 1.807) is 23.9 Å². The third-order valence-corrected chi connectivity index (χ3v) is 7.66. The Kier molecular flexibility index (Phi) is 8.01. The maximum Gasteiger partial charge on any atom is 0.274 e. The highest BCUT2D eigenvalue weighted by Gasteiger charge is 2.38. The SMILES string of the molecule is O=C(NO)c1ccc(CCCN2CCC(CN[C@H]3C[C@@H]3c3ccc(-c4cncnc4)cc3)CC2)cc1. The number of amides is 1. The highest BCUT2D eigenvalue weighted by Crippen LogP contribution is 2.41. The molecule has 1 saturated heterocycles. The van der Waals surface area contributed by atoms with Gasteiger partial charge in [0.2, 0.25) is 0 Å². The second-order valence-electron chi connectivity index (χ2n) is 10.1. The first-order valence-electron chi connectivity index (χ1n) is 13.0. The van der Waals surface area contributed by atoms with Gasteiger partial charge >= 0.3 is 0 Å². The standard InChI is InChI=1S/C29H35N5O2/c35-29(33-36)25-5-3-21(4-6-25)2-1-13-34-14-11-22(12-15-34)17-32-28-16-27(28)24-9-7-23(8-10-24)26-18-30-20-31-19-26/h3-10,18-20,22,27-28,32,36H,1-2,11-17H2,(H,33,35)/t27-,28+/m1/s1. The van der Waals surface area contributed by atoms with Crippen LogP contribution in [0, 0.1) is 5.92 Å². The molecule has 1 saturated carbocycles. The smallest absolute Gasteiger partial charge is 0.274 e. The Balaban J connectivity index is 0.972. The van der Waals surface area contributed by atoms with Crippen molar-refractivity contribution in [2.24, 2.45) is 5.92 Å². The molecule has 36 heavy (non-hydrogen) atoms. The van der Waals surface area contributed by atoms with Crippen LogP contribution in [0.1, 0.15) is 53.1 Å². The molecule has 0 spiro atoms. The molecule has 1 amide bonds. The number of nitrogens with one attached hydrogen (secondary N) is 2. The average molecular weight is 486 g/mol. The van der Waals surface area contributed by atoms with E-state index in [1.807, 2.05) is 24.5 Å². The Morgan fingerprint density at radius 3 is 2.39 bits per heavy atom. The molecule has 1 aliphatic carbocycles. The summed E-state index contributed by atoms with van der Waals surface area (Å²) in [5.41, 5.74) is 7.03. The number of hydrogen-bond donors (Lipinski definition) is 3. The number of hydrogen-bond acceptors (Lipinski definition) is 6. The Hall–Kier alpha value is -3.13. The van der Waals surface area contributed by atoms with Crippen molar-refractivity contribution < 1.29 is 10.0 Å². The largest absolute Gasteiger partial charge is 0.313 e. The van der Waals surface area contributed by atoms with Gasteiger partial charge in [-0.1, -0.05) is 36.4 Å². The van der Waals surface area contributed by atoms with Crippen LogP contribution in [-0.2, 0) is 6.42 Å². The van der Waals surface area contributed by atoms with Crippen LogP contribution in [-0.4, -0.2) is 58.2 Å². The van der Waals surface area contributed by atoms with E-state index < -0.39 is 5.91 Å². The molecule has 2 fully saturated rings. The van der Waals surface area contributed by atoms with Gasteiger partial charge in [0.15, 0.2) is 0 Å². The Bertz CT molecular complexity index is 1110. The van der Waals surface area contributed by atoms with Gasteiger partial charge in [-0.15, -0.1) is 0 Å². The number of rotatable bonds is 10. The van der Waals surface area contributed by atoms with Crippen molar-refractivity contribution in [1.82, 2.24) is 25.7 Å². The molecular formula is C29H35N5O2. The van der Waals surface area contributed by atoms with Crippen LogP contribution in [0.25, 0.3) is 11.1 Å². The van der Waals surface area contributed by atoms with Gasteiger partial charge in [0, 0.05) is 35.5 Å². The molecule has 2 atom stereocenters. The van der Waals surface area contributed by atoms with E-state index in [-0.39, 0.29) is 0 Å². The third-order valence-electron chi connectivity index (χ3n) is 7.66. The molecule has 3 N–H and O–H groups in total. The summed E-state index contributed by atoms with van der Waals surface area (Å²) in [6, 6.07) is 17.0. The molecular weight excluding hydrogens is 450 g/mol. The fourth-order valence-electron chi connectivity index (χ4n) is 5.29. The second-order valence-corrected chi connectivity index (χ2v) is 10.1. The number of aryl methyl sites for hydroxylation is 1. The Labute approximate surface area is 212 Å². The fourth-order valence-corrected chi connectivity index (χ4v) is 5.29.